The molecule has 1 aromatic rings. The van der Waals surface area contributed by atoms with Gasteiger partial charge in [-0.1, -0.05) is 12.1 Å². The van der Waals surface area contributed by atoms with E-state index in [1.54, 1.807) is 6.07 Å². The molecule has 3 heteroatoms. The maximum absolute atomic E-state index is 13.3. The fraction of sp³-hybridized carbons (Fsp3) is 0.600. The van der Waals surface area contributed by atoms with Crippen molar-refractivity contribution in [3.8, 4) is 0 Å². The molecule has 3 rings (SSSR count). The van der Waals surface area contributed by atoms with Crippen molar-refractivity contribution in [3.05, 3.63) is 35.1 Å². The number of aryl methyl sites for hydroxylation is 1. The van der Waals surface area contributed by atoms with Crippen molar-refractivity contribution >= 4 is 0 Å². The smallest absolute Gasteiger partial charge is 0.126 e. The van der Waals surface area contributed by atoms with Crippen molar-refractivity contribution in [3.63, 3.8) is 0 Å². The third-order valence-corrected chi connectivity index (χ3v) is 4.40. The Hall–Kier alpha value is -0.930. The highest BCUT2D eigenvalue weighted by Gasteiger charge is 2.34. The fourth-order valence-corrected chi connectivity index (χ4v) is 3.40. The molecule has 98 valence electrons. The van der Waals surface area contributed by atoms with Crippen molar-refractivity contribution in [2.24, 2.45) is 5.92 Å². The molecule has 2 heterocycles. The molecule has 0 saturated carbocycles. The van der Waals surface area contributed by atoms with Gasteiger partial charge in [0.2, 0.25) is 0 Å². The summed E-state index contributed by atoms with van der Waals surface area (Å²) in [4.78, 5) is 2.57. The van der Waals surface area contributed by atoms with E-state index in [2.05, 4.69) is 10.2 Å². The molecule has 2 atom stereocenters. The van der Waals surface area contributed by atoms with Gasteiger partial charge in [-0.2, -0.15) is 0 Å². The number of nitrogens with one attached hydrogen (secondary N) is 1. The van der Waals surface area contributed by atoms with Crippen LogP contribution in [0.4, 0.5) is 4.39 Å². The lowest BCUT2D eigenvalue weighted by atomic mass is 9.91. The van der Waals surface area contributed by atoms with Crippen LogP contribution in [0.25, 0.3) is 0 Å². The lowest BCUT2D eigenvalue weighted by Crippen LogP contribution is -2.44. The molecule has 2 aliphatic rings. The maximum atomic E-state index is 13.3. The minimum absolute atomic E-state index is 0.0993. The summed E-state index contributed by atoms with van der Waals surface area (Å²) in [7, 11) is 0. The zero-order valence-electron chi connectivity index (χ0n) is 11.0. The predicted molar refractivity (Wildman–Crippen MR) is 70.9 cm³/mol. The molecule has 0 aromatic heterocycles. The Morgan fingerprint density at radius 3 is 3.11 bits per heavy atom. The van der Waals surface area contributed by atoms with Gasteiger partial charge in [0.15, 0.2) is 0 Å². The average molecular weight is 248 g/mol. The Morgan fingerprint density at radius 1 is 1.39 bits per heavy atom. The van der Waals surface area contributed by atoms with Gasteiger partial charge in [-0.25, -0.2) is 4.39 Å². The van der Waals surface area contributed by atoms with Gasteiger partial charge in [-0.15, -0.1) is 0 Å². The number of benzene rings is 1. The quantitative estimate of drug-likeness (QED) is 0.864. The largest absolute Gasteiger partial charge is 0.315 e. The van der Waals surface area contributed by atoms with Crippen LogP contribution < -0.4 is 5.32 Å². The van der Waals surface area contributed by atoms with Crippen LogP contribution in [0.2, 0.25) is 0 Å². The molecule has 2 aliphatic heterocycles. The van der Waals surface area contributed by atoms with Gasteiger partial charge in [-0.3, -0.25) is 4.90 Å². The first-order valence-corrected chi connectivity index (χ1v) is 6.94. The Bertz CT molecular complexity index is 433. The first-order valence-electron chi connectivity index (χ1n) is 6.94. The Balaban J connectivity index is 1.73. The van der Waals surface area contributed by atoms with E-state index in [1.807, 2.05) is 19.1 Å². The molecular weight excluding hydrogens is 227 g/mol. The predicted octanol–water partition coefficient (Wildman–Crippen LogP) is 2.32. The molecule has 0 radical (unpaired) electrons. The molecule has 2 nitrogen and oxygen atoms in total. The lowest BCUT2D eigenvalue weighted by Gasteiger charge is -2.37. The second kappa shape index (κ2) is 4.98. The zero-order chi connectivity index (χ0) is 12.5. The van der Waals surface area contributed by atoms with E-state index in [1.165, 1.54) is 31.5 Å². The van der Waals surface area contributed by atoms with Crippen molar-refractivity contribution in [1.29, 1.82) is 0 Å². The van der Waals surface area contributed by atoms with Crippen LogP contribution in [-0.2, 0) is 6.54 Å². The standard InChI is InChI=1S/C15H21FN2/c1-11-7-12(4-5-14(11)16)10-18-6-2-3-13-8-17-9-15(13)18/h4-5,7,13,15,17H,2-3,6,8-10H2,1H3. The Kier molecular flexibility index (Phi) is 3.35. The van der Waals surface area contributed by atoms with Gasteiger partial charge >= 0.3 is 0 Å². The number of piperidine rings is 1. The van der Waals surface area contributed by atoms with E-state index in [9.17, 15) is 4.39 Å². The van der Waals surface area contributed by atoms with Crippen LogP contribution in [0.3, 0.4) is 0 Å². The third-order valence-electron chi connectivity index (χ3n) is 4.40. The van der Waals surface area contributed by atoms with Crippen LogP contribution in [-0.4, -0.2) is 30.6 Å². The van der Waals surface area contributed by atoms with Gasteiger partial charge in [0.25, 0.3) is 0 Å². The fourth-order valence-electron chi connectivity index (χ4n) is 3.40. The van der Waals surface area contributed by atoms with E-state index >= 15 is 0 Å². The lowest BCUT2D eigenvalue weighted by molar-refractivity contribution is 0.117. The topological polar surface area (TPSA) is 15.3 Å². The summed E-state index contributed by atoms with van der Waals surface area (Å²) >= 11 is 0. The van der Waals surface area contributed by atoms with E-state index in [4.69, 9.17) is 0 Å². The molecule has 18 heavy (non-hydrogen) atoms. The molecule has 2 unspecified atom stereocenters. The summed E-state index contributed by atoms with van der Waals surface area (Å²) in [6.45, 7) is 6.27. The summed E-state index contributed by atoms with van der Waals surface area (Å²) in [6.07, 6.45) is 2.65. The maximum Gasteiger partial charge on any atom is 0.126 e. The molecule has 1 N–H and O–H groups in total. The van der Waals surface area contributed by atoms with Crippen LogP contribution in [0, 0.1) is 18.7 Å². The highest BCUT2D eigenvalue weighted by molar-refractivity contribution is 5.24. The number of rotatable bonds is 2. The van der Waals surface area contributed by atoms with Gasteiger partial charge in [0.1, 0.15) is 5.82 Å². The summed E-state index contributed by atoms with van der Waals surface area (Å²) in [5, 5.41) is 3.50. The number of nitrogens with zero attached hydrogens (tertiary/aromatic N) is 1. The van der Waals surface area contributed by atoms with E-state index < -0.39 is 0 Å². The van der Waals surface area contributed by atoms with E-state index in [0.29, 0.717) is 6.04 Å². The average Bonchev–Trinajstić information content (AvgIpc) is 2.83. The van der Waals surface area contributed by atoms with E-state index in [0.717, 1.165) is 24.6 Å². The normalized spacial score (nSPS) is 28.3. The van der Waals surface area contributed by atoms with Crippen LogP contribution >= 0.6 is 0 Å². The van der Waals surface area contributed by atoms with Crippen LogP contribution in [0.5, 0.6) is 0 Å². The molecule has 2 saturated heterocycles. The number of likely N-dealkylation sites (tertiary alicyclic amines) is 1. The summed E-state index contributed by atoms with van der Waals surface area (Å²) in [5.74, 6) is 0.720. The first-order chi connectivity index (χ1) is 8.74. The van der Waals surface area contributed by atoms with E-state index in [-0.39, 0.29) is 5.82 Å². The SMILES string of the molecule is Cc1cc(CN2CCCC3CNCC32)ccc1F. The number of hydrogen-bond donors (Lipinski definition) is 1. The van der Waals surface area contributed by atoms with Gasteiger partial charge in [0, 0.05) is 19.1 Å². The Labute approximate surface area is 108 Å². The molecular formula is C15H21FN2. The zero-order valence-corrected chi connectivity index (χ0v) is 11.0. The first kappa shape index (κ1) is 12.1. The van der Waals surface area contributed by atoms with Crippen LogP contribution in [0.1, 0.15) is 24.0 Å². The number of fused-ring (bicyclic) bond motifs is 1. The van der Waals surface area contributed by atoms with Gasteiger partial charge in [-0.05, 0) is 56.0 Å². The van der Waals surface area contributed by atoms with Crippen molar-refractivity contribution < 1.29 is 4.39 Å². The minimum Gasteiger partial charge on any atom is -0.315 e. The summed E-state index contributed by atoms with van der Waals surface area (Å²) < 4.78 is 13.3. The minimum atomic E-state index is -0.0993. The van der Waals surface area contributed by atoms with Crippen LogP contribution in [0.15, 0.2) is 18.2 Å². The second-order valence-electron chi connectivity index (χ2n) is 5.68. The number of halogens is 1. The molecule has 0 bridgehead atoms. The monoisotopic (exact) mass is 248 g/mol. The van der Waals surface area contributed by atoms with Crippen molar-refractivity contribution in [2.75, 3.05) is 19.6 Å². The molecule has 0 spiro atoms. The highest BCUT2D eigenvalue weighted by atomic mass is 19.1. The van der Waals surface area contributed by atoms with Crippen molar-refractivity contribution in [2.45, 2.75) is 32.4 Å². The Morgan fingerprint density at radius 2 is 2.28 bits per heavy atom. The summed E-state index contributed by atoms with van der Waals surface area (Å²) in [5.41, 5.74) is 1.99. The third kappa shape index (κ3) is 2.29. The van der Waals surface area contributed by atoms with Crippen molar-refractivity contribution in [1.82, 2.24) is 10.2 Å². The highest BCUT2D eigenvalue weighted by Crippen LogP contribution is 2.27. The summed E-state index contributed by atoms with van der Waals surface area (Å²) in [6, 6.07) is 6.19. The number of hydrogen-bond acceptors (Lipinski definition) is 2. The molecule has 1 aromatic carbocycles. The van der Waals surface area contributed by atoms with Gasteiger partial charge in [0.05, 0.1) is 0 Å². The molecule has 0 aliphatic carbocycles. The molecule has 2 fully saturated rings. The second-order valence-corrected chi connectivity index (χ2v) is 5.68. The molecule has 0 amide bonds. The van der Waals surface area contributed by atoms with Gasteiger partial charge < -0.3 is 5.32 Å².